The summed E-state index contributed by atoms with van der Waals surface area (Å²) < 4.78 is 5.64. The highest BCUT2D eigenvalue weighted by Crippen LogP contribution is 2.30. The average molecular weight is 367 g/mol. The van der Waals surface area contributed by atoms with Gasteiger partial charge in [0.25, 0.3) is 0 Å². The van der Waals surface area contributed by atoms with Gasteiger partial charge < -0.3 is 15.4 Å². The minimum atomic E-state index is -0.583. The maximum atomic E-state index is 12.9. The smallest absolute Gasteiger partial charge is 0.338 e. The number of amides is 2. The van der Waals surface area contributed by atoms with Crippen molar-refractivity contribution in [3.8, 4) is 6.07 Å². The number of nitrogens with one attached hydrogen (secondary N) is 2. The number of urea groups is 1. The first kappa shape index (κ1) is 19.0. The normalized spacial score (nSPS) is 20.4. The summed E-state index contributed by atoms with van der Waals surface area (Å²) in [7, 11) is 0. The van der Waals surface area contributed by atoms with Crippen LogP contribution in [0.2, 0.25) is 0 Å². The molecule has 1 aliphatic carbocycles. The molecule has 1 saturated carbocycles. The van der Waals surface area contributed by atoms with Gasteiger partial charge in [0.1, 0.15) is 0 Å². The summed E-state index contributed by atoms with van der Waals surface area (Å²) in [6, 6.07) is 8.03. The lowest BCUT2D eigenvalue weighted by Crippen LogP contribution is -2.46. The zero-order valence-electron chi connectivity index (χ0n) is 15.6. The highest BCUT2D eigenvalue weighted by atomic mass is 16.5. The lowest BCUT2D eigenvalue weighted by Gasteiger charge is -2.30. The number of hydrogen-bond donors (Lipinski definition) is 2. The second-order valence-corrected chi connectivity index (χ2v) is 7.11. The number of nitrogens with zero attached hydrogens (tertiary/aromatic N) is 1. The van der Waals surface area contributed by atoms with Crippen LogP contribution in [-0.4, -0.2) is 18.6 Å². The van der Waals surface area contributed by atoms with Crippen molar-refractivity contribution in [3.05, 3.63) is 46.7 Å². The third-order valence-electron chi connectivity index (χ3n) is 5.28. The molecule has 1 heterocycles. The van der Waals surface area contributed by atoms with Crippen molar-refractivity contribution in [1.82, 2.24) is 10.6 Å². The molecular weight excluding hydrogens is 342 g/mol. The molecule has 0 aromatic heterocycles. The fourth-order valence-corrected chi connectivity index (χ4v) is 3.76. The molecule has 1 aromatic rings. The molecule has 0 bridgehead atoms. The van der Waals surface area contributed by atoms with E-state index in [2.05, 4.69) is 16.7 Å². The van der Waals surface area contributed by atoms with Gasteiger partial charge in [-0.2, -0.15) is 5.26 Å². The molecule has 1 fully saturated rings. The van der Waals surface area contributed by atoms with Crippen molar-refractivity contribution in [2.45, 2.75) is 51.5 Å². The van der Waals surface area contributed by atoms with E-state index >= 15 is 0 Å². The summed E-state index contributed by atoms with van der Waals surface area (Å²) in [6.07, 6.45) is 6.36. The highest BCUT2D eigenvalue weighted by Gasteiger charge is 2.33. The molecule has 2 N–H and O–H groups in total. The summed E-state index contributed by atoms with van der Waals surface area (Å²) in [5, 5.41) is 14.5. The maximum absolute atomic E-state index is 12.9. The van der Waals surface area contributed by atoms with Crippen LogP contribution in [0.4, 0.5) is 4.79 Å². The zero-order chi connectivity index (χ0) is 19.2. The number of nitriles is 1. The Balaban J connectivity index is 1.82. The molecular formula is C21H25N3O3. The molecule has 2 aliphatic rings. The van der Waals surface area contributed by atoms with Crippen molar-refractivity contribution in [1.29, 1.82) is 5.26 Å². The largest absolute Gasteiger partial charge is 0.462 e. The number of allylic oxidation sites excluding steroid dienone is 1. The summed E-state index contributed by atoms with van der Waals surface area (Å²) in [5.74, 6) is 0.0344. The van der Waals surface area contributed by atoms with Crippen molar-refractivity contribution in [2.75, 3.05) is 6.61 Å². The van der Waals surface area contributed by atoms with Gasteiger partial charge in [-0.15, -0.1) is 0 Å². The Labute approximate surface area is 159 Å². The lowest BCUT2D eigenvalue weighted by molar-refractivity contribution is -0.141. The Hall–Kier alpha value is -2.81. The molecule has 27 heavy (non-hydrogen) atoms. The Bertz CT molecular complexity index is 771. The molecule has 1 atom stereocenters. The van der Waals surface area contributed by atoms with Crippen molar-refractivity contribution in [2.24, 2.45) is 5.92 Å². The van der Waals surface area contributed by atoms with Gasteiger partial charge in [0.15, 0.2) is 0 Å². The predicted molar refractivity (Wildman–Crippen MR) is 100 cm³/mol. The molecule has 0 saturated heterocycles. The zero-order valence-corrected chi connectivity index (χ0v) is 15.6. The Morgan fingerprint density at radius 2 is 1.93 bits per heavy atom. The minimum Gasteiger partial charge on any atom is -0.462 e. The number of ether oxygens (including phenoxy) is 1. The van der Waals surface area contributed by atoms with E-state index in [1.807, 2.05) is 6.92 Å². The van der Waals surface area contributed by atoms with Crippen molar-refractivity contribution < 1.29 is 14.3 Å². The molecule has 0 spiro atoms. The molecule has 3 rings (SSSR count). The van der Waals surface area contributed by atoms with E-state index in [0.29, 0.717) is 35.8 Å². The third-order valence-corrected chi connectivity index (χ3v) is 5.28. The SMILES string of the molecule is CCC1=C(C(=O)OCC2CCCCC2)C(c2ccc(C#N)cc2)NC(=O)N1. The van der Waals surface area contributed by atoms with Gasteiger partial charge in [0.05, 0.1) is 29.9 Å². The molecule has 0 radical (unpaired) electrons. The number of rotatable bonds is 5. The fourth-order valence-electron chi connectivity index (χ4n) is 3.76. The summed E-state index contributed by atoms with van der Waals surface area (Å²) in [6.45, 7) is 2.32. The maximum Gasteiger partial charge on any atom is 0.338 e. The van der Waals surface area contributed by atoms with E-state index < -0.39 is 6.04 Å². The van der Waals surface area contributed by atoms with Crippen LogP contribution in [0, 0.1) is 17.2 Å². The van der Waals surface area contributed by atoms with E-state index in [0.717, 1.165) is 18.4 Å². The van der Waals surface area contributed by atoms with Crippen LogP contribution in [0.15, 0.2) is 35.5 Å². The van der Waals surface area contributed by atoms with Crippen molar-refractivity contribution >= 4 is 12.0 Å². The van der Waals surface area contributed by atoms with Crippen LogP contribution in [0.1, 0.15) is 62.6 Å². The second kappa shape index (κ2) is 8.72. The first-order valence-corrected chi connectivity index (χ1v) is 9.60. The van der Waals surface area contributed by atoms with Crippen LogP contribution in [0.3, 0.4) is 0 Å². The standard InChI is InChI=1S/C21H25N3O3/c1-2-17-18(20(25)27-13-15-6-4-3-5-7-15)19(24-21(26)23-17)16-10-8-14(12-22)9-11-16/h8-11,15,19H,2-7,13H2,1H3,(H2,23,24,26). The summed E-state index contributed by atoms with van der Waals surface area (Å²) in [4.78, 5) is 25.0. The van der Waals surface area contributed by atoms with Gasteiger partial charge in [-0.05, 0) is 42.9 Å². The summed E-state index contributed by atoms with van der Waals surface area (Å²) >= 11 is 0. The highest BCUT2D eigenvalue weighted by molar-refractivity contribution is 5.95. The van der Waals surface area contributed by atoms with Crippen LogP contribution in [0.25, 0.3) is 0 Å². The van der Waals surface area contributed by atoms with Gasteiger partial charge in [-0.25, -0.2) is 9.59 Å². The number of hydrogen-bond acceptors (Lipinski definition) is 4. The number of esters is 1. The number of carbonyl (C=O) groups excluding carboxylic acids is 2. The average Bonchev–Trinajstić information content (AvgIpc) is 2.72. The first-order chi connectivity index (χ1) is 13.1. The molecule has 6 nitrogen and oxygen atoms in total. The molecule has 2 amide bonds. The quantitative estimate of drug-likeness (QED) is 0.776. The Morgan fingerprint density at radius 1 is 1.22 bits per heavy atom. The Morgan fingerprint density at radius 3 is 2.56 bits per heavy atom. The number of benzene rings is 1. The van der Waals surface area contributed by atoms with Gasteiger partial charge in [-0.3, -0.25) is 0 Å². The van der Waals surface area contributed by atoms with Gasteiger partial charge in [0, 0.05) is 5.70 Å². The monoisotopic (exact) mass is 367 g/mol. The minimum absolute atomic E-state index is 0.343. The van der Waals surface area contributed by atoms with E-state index in [1.165, 1.54) is 19.3 Å². The van der Waals surface area contributed by atoms with E-state index in [4.69, 9.17) is 10.00 Å². The lowest BCUT2D eigenvalue weighted by atomic mass is 9.90. The molecule has 1 unspecified atom stereocenters. The van der Waals surface area contributed by atoms with Gasteiger partial charge >= 0.3 is 12.0 Å². The van der Waals surface area contributed by atoms with Gasteiger partial charge in [-0.1, -0.05) is 38.3 Å². The fraction of sp³-hybridized carbons (Fsp3) is 0.476. The second-order valence-electron chi connectivity index (χ2n) is 7.11. The molecule has 1 aliphatic heterocycles. The van der Waals surface area contributed by atoms with Crippen LogP contribution in [0.5, 0.6) is 0 Å². The van der Waals surface area contributed by atoms with Crippen molar-refractivity contribution in [3.63, 3.8) is 0 Å². The summed E-state index contributed by atoms with van der Waals surface area (Å²) in [5.41, 5.74) is 2.30. The van der Waals surface area contributed by atoms with Gasteiger partial charge in [0.2, 0.25) is 0 Å². The molecule has 1 aromatic carbocycles. The predicted octanol–water partition coefficient (Wildman–Crippen LogP) is 3.70. The first-order valence-electron chi connectivity index (χ1n) is 9.60. The van der Waals surface area contributed by atoms with E-state index in [1.54, 1.807) is 24.3 Å². The van der Waals surface area contributed by atoms with Crippen LogP contribution >= 0.6 is 0 Å². The molecule has 142 valence electrons. The molecule has 6 heteroatoms. The van der Waals surface area contributed by atoms with Crippen LogP contribution in [-0.2, 0) is 9.53 Å². The third kappa shape index (κ3) is 4.48. The van der Waals surface area contributed by atoms with E-state index in [-0.39, 0.29) is 12.0 Å². The number of carbonyl (C=O) groups is 2. The Kier molecular flexibility index (Phi) is 6.12. The van der Waals surface area contributed by atoms with E-state index in [9.17, 15) is 9.59 Å². The van der Waals surface area contributed by atoms with Crippen LogP contribution < -0.4 is 10.6 Å². The topological polar surface area (TPSA) is 91.2 Å².